The third kappa shape index (κ3) is 2.76. The Morgan fingerprint density at radius 3 is 2.75 bits per heavy atom. The van der Waals surface area contributed by atoms with E-state index in [1.807, 2.05) is 35.2 Å². The highest BCUT2D eigenvalue weighted by Crippen LogP contribution is 2.18. The predicted octanol–water partition coefficient (Wildman–Crippen LogP) is 2.06. The van der Waals surface area contributed by atoms with E-state index < -0.39 is 0 Å². The number of nitrogens with zero attached hydrogens (tertiary/aromatic N) is 1. The molecule has 1 amide bonds. The summed E-state index contributed by atoms with van der Waals surface area (Å²) in [6.45, 7) is 2.04. The van der Waals surface area contributed by atoms with Crippen molar-refractivity contribution in [1.82, 2.24) is 4.90 Å². The monoisotopic (exact) mass is 283 g/mol. The summed E-state index contributed by atoms with van der Waals surface area (Å²) in [7, 11) is 0. The molecule has 1 atom stereocenters. The molecule has 1 heterocycles. The van der Waals surface area contributed by atoms with Gasteiger partial charge in [0.05, 0.1) is 11.4 Å². The van der Waals surface area contributed by atoms with Gasteiger partial charge in [0.2, 0.25) is 5.91 Å². The fraction of sp³-hybridized carbons (Fsp3) is 0.417. The minimum atomic E-state index is 0.00391. The first-order valence-electron chi connectivity index (χ1n) is 5.38. The van der Waals surface area contributed by atoms with Gasteiger partial charge < -0.3 is 9.64 Å². The zero-order chi connectivity index (χ0) is 11.4. The molecule has 0 saturated carbocycles. The van der Waals surface area contributed by atoms with Crippen LogP contribution in [0, 0.1) is 0 Å². The largest absolute Gasteiger partial charge is 0.492 e. The number of halogens is 1. The number of benzene rings is 1. The summed E-state index contributed by atoms with van der Waals surface area (Å²) in [5, 5.41) is 0. The Kier molecular flexibility index (Phi) is 3.83. The van der Waals surface area contributed by atoms with E-state index in [0.29, 0.717) is 13.2 Å². The van der Waals surface area contributed by atoms with Crippen LogP contribution in [0.5, 0.6) is 5.75 Å². The number of hydrogen-bond donors (Lipinski definition) is 0. The van der Waals surface area contributed by atoms with Crippen molar-refractivity contribution >= 4 is 21.8 Å². The molecule has 1 aromatic rings. The molecular formula is C12H14BrNO2. The highest BCUT2D eigenvalue weighted by Gasteiger charge is 2.28. The quantitative estimate of drug-likeness (QED) is 0.792. The maximum absolute atomic E-state index is 11.6. The highest BCUT2D eigenvalue weighted by atomic mass is 79.9. The Morgan fingerprint density at radius 2 is 2.12 bits per heavy atom. The summed E-state index contributed by atoms with van der Waals surface area (Å²) >= 11 is 3.35. The average molecular weight is 284 g/mol. The van der Waals surface area contributed by atoms with Crippen LogP contribution in [0.3, 0.4) is 0 Å². The third-order valence-electron chi connectivity index (χ3n) is 2.61. The van der Waals surface area contributed by atoms with Crippen LogP contribution in [0.4, 0.5) is 0 Å². The van der Waals surface area contributed by atoms with Gasteiger partial charge in [-0.3, -0.25) is 4.79 Å². The second-order valence-electron chi connectivity index (χ2n) is 3.74. The van der Waals surface area contributed by atoms with Crippen molar-refractivity contribution in [2.75, 3.05) is 19.7 Å². The van der Waals surface area contributed by atoms with Gasteiger partial charge in [-0.05, 0) is 18.6 Å². The van der Waals surface area contributed by atoms with Crippen molar-refractivity contribution in [2.45, 2.75) is 11.2 Å². The molecule has 2 rings (SSSR count). The van der Waals surface area contributed by atoms with Crippen LogP contribution in [0.1, 0.15) is 6.42 Å². The van der Waals surface area contributed by atoms with Crippen molar-refractivity contribution in [3.05, 3.63) is 30.3 Å². The Labute approximate surface area is 104 Å². The summed E-state index contributed by atoms with van der Waals surface area (Å²) in [4.78, 5) is 13.4. The van der Waals surface area contributed by atoms with Crippen molar-refractivity contribution in [1.29, 1.82) is 0 Å². The molecule has 4 heteroatoms. The summed E-state index contributed by atoms with van der Waals surface area (Å²) < 4.78 is 5.54. The molecule has 1 aromatic carbocycles. The molecule has 0 spiro atoms. The van der Waals surface area contributed by atoms with Crippen LogP contribution in [-0.2, 0) is 4.79 Å². The molecule has 1 aliphatic rings. The van der Waals surface area contributed by atoms with Crippen molar-refractivity contribution in [3.8, 4) is 5.75 Å². The number of carbonyl (C=O) groups excluding carboxylic acids is 1. The Bertz CT molecular complexity index is 355. The number of likely N-dealkylation sites (tertiary alicyclic amines) is 1. The van der Waals surface area contributed by atoms with Gasteiger partial charge in [0.1, 0.15) is 12.4 Å². The van der Waals surface area contributed by atoms with Gasteiger partial charge >= 0.3 is 0 Å². The second kappa shape index (κ2) is 5.34. The van der Waals surface area contributed by atoms with E-state index in [-0.39, 0.29) is 10.7 Å². The van der Waals surface area contributed by atoms with Crippen LogP contribution < -0.4 is 4.74 Å². The summed E-state index contributed by atoms with van der Waals surface area (Å²) in [5.41, 5.74) is 0. The molecule has 1 saturated heterocycles. The number of hydrogen-bond acceptors (Lipinski definition) is 2. The molecule has 1 aliphatic heterocycles. The fourth-order valence-corrected chi connectivity index (χ4v) is 2.21. The van der Waals surface area contributed by atoms with Crippen LogP contribution in [0.15, 0.2) is 30.3 Å². The Morgan fingerprint density at radius 1 is 1.38 bits per heavy atom. The topological polar surface area (TPSA) is 29.5 Å². The molecule has 0 radical (unpaired) electrons. The lowest BCUT2D eigenvalue weighted by atomic mass is 10.3. The summed E-state index contributed by atoms with van der Waals surface area (Å²) in [6, 6.07) is 9.65. The van der Waals surface area contributed by atoms with Crippen LogP contribution in [0.2, 0.25) is 0 Å². The van der Waals surface area contributed by atoms with Crippen LogP contribution in [0.25, 0.3) is 0 Å². The lowest BCUT2D eigenvalue weighted by molar-refractivity contribution is -0.127. The number of alkyl halides is 1. The SMILES string of the molecule is O=C1C(Br)CCN1CCOc1ccccc1. The molecular weight excluding hydrogens is 270 g/mol. The minimum Gasteiger partial charge on any atom is -0.492 e. The molecule has 0 N–H and O–H groups in total. The number of carbonyl (C=O) groups is 1. The van der Waals surface area contributed by atoms with Gasteiger partial charge in [0, 0.05) is 6.54 Å². The molecule has 3 nitrogen and oxygen atoms in total. The first-order valence-corrected chi connectivity index (χ1v) is 6.29. The van der Waals surface area contributed by atoms with Gasteiger partial charge in [0.15, 0.2) is 0 Å². The van der Waals surface area contributed by atoms with Crippen molar-refractivity contribution < 1.29 is 9.53 Å². The lowest BCUT2D eigenvalue weighted by Crippen LogP contribution is -2.31. The number of amides is 1. The zero-order valence-electron chi connectivity index (χ0n) is 8.93. The predicted molar refractivity (Wildman–Crippen MR) is 65.8 cm³/mol. The normalized spacial score (nSPS) is 20.2. The maximum atomic E-state index is 11.6. The van der Waals surface area contributed by atoms with Gasteiger partial charge in [0.25, 0.3) is 0 Å². The smallest absolute Gasteiger partial charge is 0.236 e. The van der Waals surface area contributed by atoms with E-state index >= 15 is 0 Å². The molecule has 1 unspecified atom stereocenters. The third-order valence-corrected chi connectivity index (χ3v) is 3.45. The first kappa shape index (κ1) is 11.5. The molecule has 1 fully saturated rings. The highest BCUT2D eigenvalue weighted by molar-refractivity contribution is 9.10. The zero-order valence-corrected chi connectivity index (χ0v) is 10.5. The average Bonchev–Trinajstić information content (AvgIpc) is 2.62. The molecule has 0 aliphatic carbocycles. The lowest BCUT2D eigenvalue weighted by Gasteiger charge is -2.16. The summed E-state index contributed by atoms with van der Waals surface area (Å²) in [6.07, 6.45) is 0.893. The number of rotatable bonds is 4. The van der Waals surface area contributed by atoms with Gasteiger partial charge in [-0.25, -0.2) is 0 Å². The molecule has 86 valence electrons. The fourth-order valence-electron chi connectivity index (χ4n) is 1.71. The van der Waals surface area contributed by atoms with Crippen LogP contribution >= 0.6 is 15.9 Å². The maximum Gasteiger partial charge on any atom is 0.236 e. The van der Waals surface area contributed by atoms with Gasteiger partial charge in [-0.2, -0.15) is 0 Å². The molecule has 16 heavy (non-hydrogen) atoms. The van der Waals surface area contributed by atoms with E-state index in [1.54, 1.807) is 0 Å². The standard InChI is InChI=1S/C12H14BrNO2/c13-11-6-7-14(12(11)15)8-9-16-10-4-2-1-3-5-10/h1-5,11H,6-9H2. The molecule has 0 bridgehead atoms. The Balaban J connectivity index is 1.75. The van der Waals surface area contributed by atoms with E-state index in [4.69, 9.17) is 4.74 Å². The van der Waals surface area contributed by atoms with E-state index in [1.165, 1.54) is 0 Å². The summed E-state index contributed by atoms with van der Waals surface area (Å²) in [5.74, 6) is 1.03. The molecule has 0 aromatic heterocycles. The van der Waals surface area contributed by atoms with E-state index in [9.17, 15) is 4.79 Å². The van der Waals surface area contributed by atoms with Crippen molar-refractivity contribution in [3.63, 3.8) is 0 Å². The minimum absolute atomic E-state index is 0.00391. The van der Waals surface area contributed by atoms with Crippen LogP contribution in [-0.4, -0.2) is 35.3 Å². The Hall–Kier alpha value is -1.03. The second-order valence-corrected chi connectivity index (χ2v) is 4.85. The van der Waals surface area contributed by atoms with E-state index in [2.05, 4.69) is 15.9 Å². The van der Waals surface area contributed by atoms with Gasteiger partial charge in [-0.15, -0.1) is 0 Å². The first-order chi connectivity index (χ1) is 7.77. The number of ether oxygens (including phenoxy) is 1. The van der Waals surface area contributed by atoms with Crippen molar-refractivity contribution in [2.24, 2.45) is 0 Å². The van der Waals surface area contributed by atoms with E-state index in [0.717, 1.165) is 18.7 Å². The van der Waals surface area contributed by atoms with Gasteiger partial charge in [-0.1, -0.05) is 34.1 Å². The number of para-hydroxylation sites is 1.